The lowest BCUT2D eigenvalue weighted by Crippen LogP contribution is -2.46. The first kappa shape index (κ1) is 19.1. The standard InChI is InChI=1S/C25H26N4/c1-4-7-18-8-10-20(11-9-18)24-25(27-15-14-26-24)21-16-29(17-21)23-13-12-19(5-2)22(6-3)28-23/h5-6,8-15,21H,2-4,7,16-17H2,1H3. The van der Waals surface area contributed by atoms with Crippen molar-refractivity contribution in [3.63, 3.8) is 0 Å². The number of pyridine rings is 1. The van der Waals surface area contributed by atoms with Gasteiger partial charge in [-0.15, -0.1) is 0 Å². The third kappa shape index (κ3) is 3.83. The number of hydrogen-bond donors (Lipinski definition) is 0. The smallest absolute Gasteiger partial charge is 0.129 e. The zero-order valence-electron chi connectivity index (χ0n) is 16.9. The van der Waals surface area contributed by atoms with Gasteiger partial charge in [-0.05, 0) is 35.8 Å². The fourth-order valence-electron chi connectivity index (χ4n) is 3.81. The van der Waals surface area contributed by atoms with Crippen LogP contribution in [-0.2, 0) is 6.42 Å². The number of aromatic nitrogens is 3. The van der Waals surface area contributed by atoms with E-state index >= 15 is 0 Å². The lowest BCUT2D eigenvalue weighted by molar-refractivity contribution is 0.508. The summed E-state index contributed by atoms with van der Waals surface area (Å²) >= 11 is 0. The SMILES string of the molecule is C=Cc1ccc(N2CC(c3nccnc3-c3ccc(CCC)cc3)C2)nc1C=C. The minimum absolute atomic E-state index is 0.349. The Morgan fingerprint density at radius 1 is 1.00 bits per heavy atom. The van der Waals surface area contributed by atoms with Crippen LogP contribution in [0.4, 0.5) is 5.82 Å². The highest BCUT2D eigenvalue weighted by molar-refractivity contribution is 5.65. The molecule has 0 saturated carbocycles. The summed E-state index contributed by atoms with van der Waals surface area (Å²) in [6, 6.07) is 12.8. The molecule has 0 spiro atoms. The maximum atomic E-state index is 4.72. The predicted molar refractivity (Wildman–Crippen MR) is 121 cm³/mol. The highest BCUT2D eigenvalue weighted by atomic mass is 15.2. The van der Waals surface area contributed by atoms with Crippen molar-refractivity contribution in [3.05, 3.63) is 84.5 Å². The number of nitrogens with zero attached hydrogens (tertiary/aromatic N) is 4. The van der Waals surface area contributed by atoms with E-state index in [9.17, 15) is 0 Å². The summed E-state index contributed by atoms with van der Waals surface area (Å²) in [5, 5.41) is 0. The topological polar surface area (TPSA) is 41.9 Å². The quantitative estimate of drug-likeness (QED) is 0.550. The van der Waals surface area contributed by atoms with Gasteiger partial charge in [0.25, 0.3) is 0 Å². The van der Waals surface area contributed by atoms with E-state index in [0.29, 0.717) is 5.92 Å². The molecule has 1 aliphatic rings. The number of anilines is 1. The molecule has 0 N–H and O–H groups in total. The maximum absolute atomic E-state index is 4.72. The zero-order valence-corrected chi connectivity index (χ0v) is 16.9. The molecule has 3 heterocycles. The molecule has 3 aromatic rings. The molecule has 2 aromatic heterocycles. The van der Waals surface area contributed by atoms with Gasteiger partial charge in [-0.25, -0.2) is 4.98 Å². The third-order valence-corrected chi connectivity index (χ3v) is 5.44. The highest BCUT2D eigenvalue weighted by Gasteiger charge is 2.32. The Labute approximate surface area is 172 Å². The molecule has 1 aromatic carbocycles. The van der Waals surface area contributed by atoms with Gasteiger partial charge in [0, 0.05) is 37.0 Å². The molecular weight excluding hydrogens is 356 g/mol. The highest BCUT2D eigenvalue weighted by Crippen LogP contribution is 2.34. The molecule has 0 unspecified atom stereocenters. The van der Waals surface area contributed by atoms with E-state index in [2.05, 4.69) is 59.2 Å². The molecule has 0 amide bonds. The van der Waals surface area contributed by atoms with E-state index in [0.717, 1.165) is 60.0 Å². The second kappa shape index (κ2) is 8.39. The van der Waals surface area contributed by atoms with E-state index in [-0.39, 0.29) is 0 Å². The average Bonchev–Trinajstić information content (AvgIpc) is 2.74. The van der Waals surface area contributed by atoms with Crippen LogP contribution < -0.4 is 4.90 Å². The van der Waals surface area contributed by atoms with Crippen LogP contribution in [0, 0.1) is 0 Å². The van der Waals surface area contributed by atoms with Crippen molar-refractivity contribution in [2.45, 2.75) is 25.7 Å². The van der Waals surface area contributed by atoms with Gasteiger partial charge < -0.3 is 4.90 Å². The normalized spacial score (nSPS) is 13.8. The van der Waals surface area contributed by atoms with Gasteiger partial charge in [0.05, 0.1) is 17.1 Å². The fourth-order valence-corrected chi connectivity index (χ4v) is 3.81. The van der Waals surface area contributed by atoms with Gasteiger partial charge in [0.2, 0.25) is 0 Å². The van der Waals surface area contributed by atoms with Crippen LogP contribution in [0.5, 0.6) is 0 Å². The summed E-state index contributed by atoms with van der Waals surface area (Å²) in [5.41, 5.74) is 6.43. The first-order chi connectivity index (χ1) is 14.2. The van der Waals surface area contributed by atoms with Crippen LogP contribution in [0.15, 0.2) is 61.9 Å². The minimum atomic E-state index is 0.349. The van der Waals surface area contributed by atoms with E-state index in [1.54, 1.807) is 18.5 Å². The Morgan fingerprint density at radius 3 is 2.45 bits per heavy atom. The lowest BCUT2D eigenvalue weighted by Gasteiger charge is -2.40. The van der Waals surface area contributed by atoms with Crippen LogP contribution in [-0.4, -0.2) is 28.0 Å². The van der Waals surface area contributed by atoms with Crippen molar-refractivity contribution in [1.82, 2.24) is 15.0 Å². The molecule has 1 fully saturated rings. The largest absolute Gasteiger partial charge is 0.355 e. The first-order valence-electron chi connectivity index (χ1n) is 10.1. The van der Waals surface area contributed by atoms with Crippen LogP contribution in [0.1, 0.15) is 41.8 Å². The molecule has 4 rings (SSSR count). The van der Waals surface area contributed by atoms with E-state index < -0.39 is 0 Å². The van der Waals surface area contributed by atoms with Crippen LogP contribution in [0.2, 0.25) is 0 Å². The number of hydrogen-bond acceptors (Lipinski definition) is 4. The molecule has 4 heteroatoms. The molecule has 1 saturated heterocycles. The summed E-state index contributed by atoms with van der Waals surface area (Å²) in [5.74, 6) is 1.32. The second-order valence-corrected chi connectivity index (χ2v) is 7.39. The van der Waals surface area contributed by atoms with Gasteiger partial charge >= 0.3 is 0 Å². The van der Waals surface area contributed by atoms with Gasteiger partial charge in [-0.2, -0.15) is 0 Å². The maximum Gasteiger partial charge on any atom is 0.129 e. The number of benzene rings is 1. The molecule has 0 bridgehead atoms. The number of aryl methyl sites for hydroxylation is 1. The zero-order chi connectivity index (χ0) is 20.2. The third-order valence-electron chi connectivity index (χ3n) is 5.44. The first-order valence-corrected chi connectivity index (χ1v) is 10.1. The molecule has 0 radical (unpaired) electrons. The molecule has 1 aliphatic heterocycles. The van der Waals surface area contributed by atoms with Gasteiger partial charge in [-0.1, -0.05) is 56.8 Å². The van der Waals surface area contributed by atoms with Crippen LogP contribution >= 0.6 is 0 Å². The Morgan fingerprint density at radius 2 is 1.76 bits per heavy atom. The molecule has 0 atom stereocenters. The Hall–Kier alpha value is -3.27. The fraction of sp³-hybridized carbons (Fsp3) is 0.240. The van der Waals surface area contributed by atoms with E-state index in [1.807, 2.05) is 18.2 Å². The van der Waals surface area contributed by atoms with Crippen molar-refractivity contribution >= 4 is 18.0 Å². The van der Waals surface area contributed by atoms with Gasteiger partial charge in [0.15, 0.2) is 0 Å². The van der Waals surface area contributed by atoms with Gasteiger partial charge in [-0.3, -0.25) is 9.97 Å². The lowest BCUT2D eigenvalue weighted by atomic mass is 9.92. The minimum Gasteiger partial charge on any atom is -0.355 e. The van der Waals surface area contributed by atoms with Crippen molar-refractivity contribution in [3.8, 4) is 11.3 Å². The van der Waals surface area contributed by atoms with Crippen molar-refractivity contribution in [2.75, 3.05) is 18.0 Å². The molecule has 4 nitrogen and oxygen atoms in total. The molecule has 29 heavy (non-hydrogen) atoms. The van der Waals surface area contributed by atoms with Crippen LogP contribution in [0.25, 0.3) is 23.4 Å². The molecule has 0 aliphatic carbocycles. The predicted octanol–water partition coefficient (Wildman–Crippen LogP) is 5.38. The Balaban J connectivity index is 1.53. The average molecular weight is 383 g/mol. The molecule has 146 valence electrons. The molecular formula is C25H26N4. The Bertz CT molecular complexity index is 1020. The van der Waals surface area contributed by atoms with Crippen molar-refractivity contribution < 1.29 is 0 Å². The Kier molecular flexibility index (Phi) is 5.52. The van der Waals surface area contributed by atoms with E-state index in [4.69, 9.17) is 4.98 Å². The summed E-state index contributed by atoms with van der Waals surface area (Å²) in [6.07, 6.45) is 9.42. The summed E-state index contributed by atoms with van der Waals surface area (Å²) in [4.78, 5) is 16.3. The summed E-state index contributed by atoms with van der Waals surface area (Å²) in [6.45, 7) is 11.7. The second-order valence-electron chi connectivity index (χ2n) is 7.39. The van der Waals surface area contributed by atoms with Crippen LogP contribution in [0.3, 0.4) is 0 Å². The monoisotopic (exact) mass is 382 g/mol. The summed E-state index contributed by atoms with van der Waals surface area (Å²) in [7, 11) is 0. The van der Waals surface area contributed by atoms with E-state index in [1.165, 1.54) is 5.56 Å². The van der Waals surface area contributed by atoms with Crippen molar-refractivity contribution in [2.24, 2.45) is 0 Å². The number of rotatable bonds is 7. The van der Waals surface area contributed by atoms with Gasteiger partial charge in [0.1, 0.15) is 5.82 Å². The van der Waals surface area contributed by atoms with Crippen molar-refractivity contribution in [1.29, 1.82) is 0 Å². The summed E-state index contributed by atoms with van der Waals surface area (Å²) < 4.78 is 0.